The van der Waals surface area contributed by atoms with E-state index in [1.165, 1.54) is 0 Å². The zero-order chi connectivity index (χ0) is 35.9. The maximum Gasteiger partial charge on any atom is 0.371 e. The summed E-state index contributed by atoms with van der Waals surface area (Å²) in [6.45, 7) is 0. The van der Waals surface area contributed by atoms with E-state index in [0.29, 0.717) is 6.08 Å². The van der Waals surface area contributed by atoms with Crippen molar-refractivity contribution in [2.75, 3.05) is 0 Å². The van der Waals surface area contributed by atoms with Gasteiger partial charge < -0.3 is 99.5 Å². The molecule has 0 aromatic carbocycles. The minimum Gasteiger partial charge on any atom is -0.479 e. The molecule has 0 bridgehead atoms. The third-order valence-electron chi connectivity index (χ3n) is 7.66. The highest BCUT2D eigenvalue weighted by atomic mass is 16.8. The van der Waals surface area contributed by atoms with Crippen LogP contribution in [-0.2, 0) is 52.3 Å². The van der Waals surface area contributed by atoms with Gasteiger partial charge in [0.15, 0.2) is 37.2 Å². The topological polar surface area (TPSA) is 396 Å². The Balaban J connectivity index is 1.51. The predicted octanol–water partition coefficient (Wildman–Crippen LogP) is -8.23. The number of hydrogen-bond donors (Lipinski definition) is 13. The first-order valence-corrected chi connectivity index (χ1v) is 13.7. The fraction of sp³-hybridized carbons (Fsp3) is 0.750. The molecule has 24 heteroatoms. The quantitative estimate of drug-likeness (QED) is 0.100. The van der Waals surface area contributed by atoms with Crippen LogP contribution in [0.2, 0.25) is 0 Å². The number of ether oxygens (including phenoxy) is 7. The van der Waals surface area contributed by atoms with Crippen molar-refractivity contribution in [3.05, 3.63) is 11.8 Å². The van der Waals surface area contributed by atoms with Gasteiger partial charge in [-0.25, -0.2) is 19.2 Å². The summed E-state index contributed by atoms with van der Waals surface area (Å²) >= 11 is 0. The van der Waals surface area contributed by atoms with Crippen LogP contribution in [0.4, 0.5) is 0 Å². The summed E-state index contributed by atoms with van der Waals surface area (Å²) in [7, 11) is 0. The SMILES string of the molecule is O=C(O)C1=CC(O)C(O)C(OC2C(C(=O)O)OC(OC3C(C(=O)O)OC(OC4C(C(=O)O)OC(O)C(O)C4O)C(O)C3O)C(O)C2O)O1. The number of carboxylic acids is 4. The van der Waals surface area contributed by atoms with E-state index in [2.05, 4.69) is 4.74 Å². The molecule has 0 aliphatic carbocycles. The van der Waals surface area contributed by atoms with Crippen molar-refractivity contribution in [3.8, 4) is 0 Å². The van der Waals surface area contributed by atoms with Gasteiger partial charge in [-0.3, -0.25) is 0 Å². The number of aliphatic carboxylic acids is 4. The van der Waals surface area contributed by atoms with Gasteiger partial charge in [0.1, 0.15) is 67.1 Å². The third kappa shape index (κ3) is 7.37. The van der Waals surface area contributed by atoms with Crippen LogP contribution in [0.15, 0.2) is 11.8 Å². The summed E-state index contributed by atoms with van der Waals surface area (Å²) in [4.78, 5) is 47.0. The largest absolute Gasteiger partial charge is 0.479 e. The summed E-state index contributed by atoms with van der Waals surface area (Å²) in [6, 6.07) is 0. The van der Waals surface area contributed by atoms with Crippen molar-refractivity contribution in [1.82, 2.24) is 0 Å². The molecule has 24 nitrogen and oxygen atoms in total. The molecule has 18 unspecified atom stereocenters. The Morgan fingerprint density at radius 3 is 1.27 bits per heavy atom. The molecule has 272 valence electrons. The summed E-state index contributed by atoms with van der Waals surface area (Å²) < 4.78 is 35.4. The van der Waals surface area contributed by atoms with E-state index in [0.717, 1.165) is 0 Å². The standard InChI is InChI=1S/C24H32O24/c25-2-1-3(17(33)34)42-22(4(2)26)44-12-6(28)9(31)24(47-15(12)19(37)38)46-13-7(29)10(32)23(48-16(13)20(39)40)45-11-5(27)8(30)21(41)43-14(11)18(35)36/h1-2,4-16,21-32,41H,(H,33,34)(H,35,36)(H,37,38)(H,39,40). The Morgan fingerprint density at radius 2 is 0.875 bits per heavy atom. The summed E-state index contributed by atoms with van der Waals surface area (Å²) in [5.41, 5.74) is 0. The van der Waals surface area contributed by atoms with Crippen molar-refractivity contribution >= 4 is 23.9 Å². The van der Waals surface area contributed by atoms with Gasteiger partial charge in [-0.05, 0) is 6.08 Å². The molecule has 13 N–H and O–H groups in total. The highest BCUT2D eigenvalue weighted by Gasteiger charge is 2.57. The van der Waals surface area contributed by atoms with E-state index in [4.69, 9.17) is 33.5 Å². The average Bonchev–Trinajstić information content (AvgIpc) is 3.01. The van der Waals surface area contributed by atoms with Crippen LogP contribution in [-0.4, -0.2) is 201 Å². The predicted molar refractivity (Wildman–Crippen MR) is 134 cm³/mol. The van der Waals surface area contributed by atoms with E-state index >= 15 is 0 Å². The minimum absolute atomic E-state index is 0.595. The molecule has 0 aromatic rings. The fourth-order valence-electron chi connectivity index (χ4n) is 5.14. The summed E-state index contributed by atoms with van der Waals surface area (Å²) in [6.07, 6.45) is -39.8. The zero-order valence-corrected chi connectivity index (χ0v) is 23.8. The Bertz CT molecular complexity index is 1240. The molecule has 4 rings (SSSR count). The van der Waals surface area contributed by atoms with Gasteiger partial charge in [-0.1, -0.05) is 0 Å². The zero-order valence-electron chi connectivity index (χ0n) is 23.8. The van der Waals surface area contributed by atoms with Gasteiger partial charge in [0.05, 0.1) is 0 Å². The second-order valence-electron chi connectivity index (χ2n) is 10.9. The molecule has 4 aliphatic heterocycles. The Hall–Kier alpha value is -3.18. The van der Waals surface area contributed by atoms with Crippen LogP contribution in [0.1, 0.15) is 0 Å². The van der Waals surface area contributed by atoms with E-state index in [9.17, 15) is 80.5 Å². The second-order valence-corrected chi connectivity index (χ2v) is 10.9. The smallest absolute Gasteiger partial charge is 0.371 e. The molecule has 4 aliphatic rings. The highest BCUT2D eigenvalue weighted by Crippen LogP contribution is 2.34. The lowest BCUT2D eigenvalue weighted by Gasteiger charge is -2.47. The lowest BCUT2D eigenvalue weighted by atomic mass is 9.95. The molecule has 0 aromatic heterocycles. The van der Waals surface area contributed by atoms with Gasteiger partial charge in [-0.2, -0.15) is 0 Å². The number of hydrogen-bond acceptors (Lipinski definition) is 20. The Morgan fingerprint density at radius 1 is 0.500 bits per heavy atom. The Labute approximate surface area is 265 Å². The van der Waals surface area contributed by atoms with Crippen LogP contribution in [0.3, 0.4) is 0 Å². The van der Waals surface area contributed by atoms with Crippen molar-refractivity contribution in [2.45, 2.75) is 111 Å². The van der Waals surface area contributed by atoms with Crippen LogP contribution >= 0.6 is 0 Å². The summed E-state index contributed by atoms with van der Waals surface area (Å²) in [5.74, 6) is -8.39. The first-order chi connectivity index (χ1) is 22.3. The van der Waals surface area contributed by atoms with Gasteiger partial charge >= 0.3 is 23.9 Å². The lowest BCUT2D eigenvalue weighted by Crippen LogP contribution is -2.68. The first-order valence-electron chi connectivity index (χ1n) is 13.7. The van der Waals surface area contributed by atoms with Crippen LogP contribution in [0.5, 0.6) is 0 Å². The fourth-order valence-corrected chi connectivity index (χ4v) is 5.14. The first kappa shape index (κ1) is 37.6. The van der Waals surface area contributed by atoms with Gasteiger partial charge in [0, 0.05) is 0 Å². The second kappa shape index (κ2) is 14.7. The highest BCUT2D eigenvalue weighted by molar-refractivity contribution is 5.84. The van der Waals surface area contributed by atoms with Crippen molar-refractivity contribution in [1.29, 1.82) is 0 Å². The van der Waals surface area contributed by atoms with Crippen LogP contribution < -0.4 is 0 Å². The summed E-state index contributed by atoms with van der Waals surface area (Å²) in [5, 5.41) is 131. The Kier molecular flexibility index (Phi) is 11.6. The maximum atomic E-state index is 12.1. The van der Waals surface area contributed by atoms with Gasteiger partial charge in [0.25, 0.3) is 0 Å². The van der Waals surface area contributed by atoms with Crippen molar-refractivity contribution in [2.24, 2.45) is 0 Å². The van der Waals surface area contributed by atoms with Crippen molar-refractivity contribution < 1.29 is 119 Å². The molecule has 0 amide bonds. The molecule has 0 spiro atoms. The minimum atomic E-state index is -2.41. The molecular formula is C24H32O24. The number of aliphatic hydroxyl groups excluding tert-OH is 9. The van der Waals surface area contributed by atoms with Crippen molar-refractivity contribution in [3.63, 3.8) is 0 Å². The normalized spacial score (nSPS) is 46.6. The van der Waals surface area contributed by atoms with Crippen LogP contribution in [0.25, 0.3) is 0 Å². The van der Waals surface area contributed by atoms with E-state index in [1.807, 2.05) is 0 Å². The maximum absolute atomic E-state index is 12.1. The number of carboxylic acid groups (broad SMARTS) is 4. The number of aliphatic hydroxyl groups is 9. The molecule has 0 radical (unpaired) electrons. The average molecular weight is 704 g/mol. The third-order valence-corrected chi connectivity index (χ3v) is 7.66. The van der Waals surface area contributed by atoms with Gasteiger partial charge in [-0.15, -0.1) is 0 Å². The molecule has 3 fully saturated rings. The molecule has 18 atom stereocenters. The van der Waals surface area contributed by atoms with E-state index in [-0.39, 0.29) is 0 Å². The molecule has 48 heavy (non-hydrogen) atoms. The molecule has 4 heterocycles. The monoisotopic (exact) mass is 704 g/mol. The number of rotatable bonds is 10. The lowest BCUT2D eigenvalue weighted by molar-refractivity contribution is -0.373. The van der Waals surface area contributed by atoms with Gasteiger partial charge in [0.2, 0.25) is 12.0 Å². The molecule has 3 saturated heterocycles. The molecule has 0 saturated carbocycles. The van der Waals surface area contributed by atoms with Crippen LogP contribution in [0, 0.1) is 0 Å². The van der Waals surface area contributed by atoms with E-state index in [1.54, 1.807) is 0 Å². The van der Waals surface area contributed by atoms with E-state index < -0.39 is 140 Å². The number of carbonyl (C=O) groups is 4. The molecular weight excluding hydrogens is 672 g/mol.